The summed E-state index contributed by atoms with van der Waals surface area (Å²) in [6, 6.07) is 5.79. The number of Topliss-reactive ketones (excluding diaryl/α,β-unsaturated/α-hetero) is 1. The highest BCUT2D eigenvalue weighted by atomic mass is 16.6. The molecule has 7 nitrogen and oxygen atoms in total. The number of carbonyl (C=O) groups is 1. The van der Waals surface area contributed by atoms with Crippen LogP contribution in [0, 0.1) is 10.1 Å². The zero-order chi connectivity index (χ0) is 15.9. The fraction of sp³-hybridized carbons (Fsp3) is 0.333. The highest BCUT2D eigenvalue weighted by molar-refractivity contribution is 5.99. The van der Waals surface area contributed by atoms with Crippen LogP contribution in [-0.2, 0) is 6.42 Å². The van der Waals surface area contributed by atoms with E-state index in [1.54, 1.807) is 23.7 Å². The van der Waals surface area contributed by atoms with Crippen LogP contribution in [0.4, 0.5) is 5.69 Å². The first-order valence-corrected chi connectivity index (χ1v) is 7.14. The van der Waals surface area contributed by atoms with Crippen molar-refractivity contribution in [2.45, 2.75) is 32.2 Å². The molecular weight excluding hydrogens is 284 g/mol. The summed E-state index contributed by atoms with van der Waals surface area (Å²) >= 11 is 0. The zero-order valence-electron chi connectivity index (χ0n) is 12.2. The number of benzene rings is 1. The third-order valence-electron chi connectivity index (χ3n) is 3.84. The number of nitro groups is 1. The number of aromatic nitrogens is 2. The quantitative estimate of drug-likeness (QED) is 0.692. The summed E-state index contributed by atoms with van der Waals surface area (Å²) in [6.07, 6.45) is 2.04. The predicted octanol–water partition coefficient (Wildman–Crippen LogP) is 2.32. The van der Waals surface area contributed by atoms with E-state index in [0.717, 1.165) is 18.5 Å². The second-order valence-electron chi connectivity index (χ2n) is 5.46. The Morgan fingerprint density at radius 3 is 2.59 bits per heavy atom. The van der Waals surface area contributed by atoms with E-state index in [9.17, 15) is 14.9 Å². The largest absolute Gasteiger partial charge is 0.323 e. The number of hydrogen-bond acceptors (Lipinski definition) is 5. The van der Waals surface area contributed by atoms with Crippen LogP contribution in [0.25, 0.3) is 5.69 Å². The summed E-state index contributed by atoms with van der Waals surface area (Å²) in [5.41, 5.74) is 8.72. The Kier molecular flexibility index (Phi) is 3.50. The lowest BCUT2D eigenvalue weighted by Crippen LogP contribution is -2.15. The van der Waals surface area contributed by atoms with Crippen molar-refractivity contribution in [3.8, 4) is 5.69 Å². The second kappa shape index (κ2) is 5.34. The first-order valence-electron chi connectivity index (χ1n) is 7.14. The molecule has 2 N–H and O–H groups in total. The minimum atomic E-state index is -0.445. The minimum absolute atomic E-state index is 0.0215. The predicted molar refractivity (Wildman–Crippen MR) is 80.1 cm³/mol. The molecule has 0 fully saturated rings. The number of nitrogens with zero attached hydrogens (tertiary/aromatic N) is 3. The molecule has 0 bridgehead atoms. The van der Waals surface area contributed by atoms with E-state index in [2.05, 4.69) is 5.10 Å². The van der Waals surface area contributed by atoms with Crippen LogP contribution in [0.15, 0.2) is 24.3 Å². The van der Waals surface area contributed by atoms with Crippen molar-refractivity contribution in [1.29, 1.82) is 0 Å². The van der Waals surface area contributed by atoms with Crippen LogP contribution in [0.2, 0.25) is 0 Å². The van der Waals surface area contributed by atoms with E-state index >= 15 is 0 Å². The number of ketones is 1. The van der Waals surface area contributed by atoms with Gasteiger partial charge in [0.05, 0.1) is 27.6 Å². The molecule has 1 aliphatic rings. The molecule has 1 aromatic heterocycles. The van der Waals surface area contributed by atoms with Gasteiger partial charge in [0.25, 0.3) is 5.69 Å². The van der Waals surface area contributed by atoms with E-state index in [1.165, 1.54) is 12.1 Å². The lowest BCUT2D eigenvalue weighted by atomic mass is 9.93. The van der Waals surface area contributed by atoms with Gasteiger partial charge in [0.1, 0.15) is 0 Å². The molecule has 114 valence electrons. The molecule has 1 atom stereocenters. The van der Waals surface area contributed by atoms with Crippen LogP contribution in [0.3, 0.4) is 0 Å². The molecule has 22 heavy (non-hydrogen) atoms. The maximum atomic E-state index is 12.2. The van der Waals surface area contributed by atoms with Crippen LogP contribution in [-0.4, -0.2) is 20.5 Å². The Balaban J connectivity index is 2.13. The van der Waals surface area contributed by atoms with Crippen molar-refractivity contribution in [3.05, 3.63) is 51.3 Å². The van der Waals surface area contributed by atoms with Crippen LogP contribution in [0.1, 0.15) is 47.6 Å². The van der Waals surface area contributed by atoms with Gasteiger partial charge in [-0.05, 0) is 31.9 Å². The Bertz CT molecular complexity index is 747. The van der Waals surface area contributed by atoms with Gasteiger partial charge in [0.2, 0.25) is 0 Å². The van der Waals surface area contributed by atoms with Gasteiger partial charge in [-0.2, -0.15) is 5.10 Å². The van der Waals surface area contributed by atoms with Gasteiger partial charge < -0.3 is 5.73 Å². The molecule has 0 saturated heterocycles. The van der Waals surface area contributed by atoms with Crippen LogP contribution < -0.4 is 5.73 Å². The van der Waals surface area contributed by atoms with Gasteiger partial charge in [-0.25, -0.2) is 4.68 Å². The van der Waals surface area contributed by atoms with Gasteiger partial charge in [0, 0.05) is 24.6 Å². The molecule has 7 heteroatoms. The normalized spacial score (nSPS) is 15.5. The third-order valence-corrected chi connectivity index (χ3v) is 3.84. The average Bonchev–Trinajstić information content (AvgIpc) is 2.88. The van der Waals surface area contributed by atoms with Gasteiger partial charge in [-0.1, -0.05) is 0 Å². The van der Waals surface area contributed by atoms with Gasteiger partial charge in [-0.3, -0.25) is 14.9 Å². The monoisotopic (exact) mass is 300 g/mol. The SMILES string of the molecule is CC(N)c1nn(-c2ccc([N+](=O)[O-])cc2)c2c1C(=O)CCC2. The first-order chi connectivity index (χ1) is 10.5. The molecule has 2 aromatic rings. The van der Waals surface area contributed by atoms with Crippen molar-refractivity contribution < 1.29 is 9.72 Å². The molecule has 3 rings (SSSR count). The van der Waals surface area contributed by atoms with Crippen LogP contribution in [0.5, 0.6) is 0 Å². The van der Waals surface area contributed by atoms with E-state index in [-0.39, 0.29) is 17.5 Å². The average molecular weight is 300 g/mol. The molecule has 0 radical (unpaired) electrons. The number of nitro benzene ring substituents is 1. The number of fused-ring (bicyclic) bond motifs is 1. The summed E-state index contributed by atoms with van der Waals surface area (Å²) < 4.78 is 1.69. The van der Waals surface area contributed by atoms with E-state index in [1.807, 2.05) is 0 Å². The van der Waals surface area contributed by atoms with Crippen molar-refractivity contribution in [1.82, 2.24) is 9.78 Å². The number of rotatable bonds is 3. The Morgan fingerprint density at radius 1 is 1.32 bits per heavy atom. The summed E-state index contributed by atoms with van der Waals surface area (Å²) in [6.45, 7) is 1.80. The number of nitrogens with two attached hydrogens (primary N) is 1. The molecule has 0 saturated carbocycles. The van der Waals surface area contributed by atoms with Crippen molar-refractivity contribution >= 4 is 11.5 Å². The molecule has 1 aromatic carbocycles. The standard InChI is InChI=1S/C15H16N4O3/c1-9(16)15-14-12(3-2-4-13(14)20)18(17-15)10-5-7-11(8-6-10)19(21)22/h5-9H,2-4,16H2,1H3. The third kappa shape index (κ3) is 2.29. The fourth-order valence-corrected chi connectivity index (χ4v) is 2.80. The Hall–Kier alpha value is -2.54. The molecule has 1 heterocycles. The summed E-state index contributed by atoms with van der Waals surface area (Å²) in [4.78, 5) is 22.5. The Labute approximate surface area is 126 Å². The number of carbonyl (C=O) groups excluding carboxylic acids is 1. The topological polar surface area (TPSA) is 104 Å². The van der Waals surface area contributed by atoms with E-state index in [0.29, 0.717) is 23.4 Å². The maximum absolute atomic E-state index is 12.2. The molecule has 0 amide bonds. The first kappa shape index (κ1) is 14.4. The second-order valence-corrected chi connectivity index (χ2v) is 5.46. The zero-order valence-corrected chi connectivity index (χ0v) is 12.2. The van der Waals surface area contributed by atoms with Gasteiger partial charge in [0.15, 0.2) is 5.78 Å². The lowest BCUT2D eigenvalue weighted by molar-refractivity contribution is -0.384. The van der Waals surface area contributed by atoms with Crippen LogP contribution >= 0.6 is 0 Å². The molecule has 1 unspecified atom stereocenters. The van der Waals surface area contributed by atoms with Crippen molar-refractivity contribution in [2.75, 3.05) is 0 Å². The summed E-state index contributed by atoms with van der Waals surface area (Å²) in [7, 11) is 0. The number of hydrogen-bond donors (Lipinski definition) is 1. The summed E-state index contributed by atoms with van der Waals surface area (Å²) in [5.74, 6) is 0.0710. The highest BCUT2D eigenvalue weighted by Gasteiger charge is 2.28. The highest BCUT2D eigenvalue weighted by Crippen LogP contribution is 2.29. The van der Waals surface area contributed by atoms with Gasteiger partial charge in [-0.15, -0.1) is 0 Å². The molecule has 0 aliphatic heterocycles. The maximum Gasteiger partial charge on any atom is 0.269 e. The van der Waals surface area contributed by atoms with E-state index in [4.69, 9.17) is 5.73 Å². The Morgan fingerprint density at radius 2 is 2.00 bits per heavy atom. The smallest absolute Gasteiger partial charge is 0.269 e. The van der Waals surface area contributed by atoms with Gasteiger partial charge >= 0.3 is 0 Å². The summed E-state index contributed by atoms with van der Waals surface area (Å²) in [5, 5.41) is 15.2. The lowest BCUT2D eigenvalue weighted by Gasteiger charge is -2.13. The minimum Gasteiger partial charge on any atom is -0.323 e. The molecule has 1 aliphatic carbocycles. The number of non-ortho nitro benzene ring substituents is 1. The molecular formula is C15H16N4O3. The van der Waals surface area contributed by atoms with E-state index < -0.39 is 4.92 Å². The fourth-order valence-electron chi connectivity index (χ4n) is 2.80. The van der Waals surface area contributed by atoms with Crippen molar-refractivity contribution in [2.24, 2.45) is 5.73 Å². The molecule has 0 spiro atoms. The van der Waals surface area contributed by atoms with Crippen molar-refractivity contribution in [3.63, 3.8) is 0 Å².